The van der Waals surface area contributed by atoms with Gasteiger partial charge in [0.15, 0.2) is 11.5 Å². The van der Waals surface area contributed by atoms with Gasteiger partial charge in [0, 0.05) is 23.5 Å². The van der Waals surface area contributed by atoms with Gasteiger partial charge in [-0.15, -0.1) is 0 Å². The first-order valence-electron chi connectivity index (χ1n) is 10.0. The van der Waals surface area contributed by atoms with Crippen LogP contribution in [-0.4, -0.2) is 50.3 Å². The summed E-state index contributed by atoms with van der Waals surface area (Å²) in [5.41, 5.74) is 2.70. The molecule has 8 nitrogen and oxygen atoms in total. The van der Waals surface area contributed by atoms with E-state index in [1.807, 2.05) is 12.1 Å². The van der Waals surface area contributed by atoms with Gasteiger partial charge in [0.05, 0.1) is 6.61 Å². The summed E-state index contributed by atoms with van der Waals surface area (Å²) < 4.78 is 33.4. The van der Waals surface area contributed by atoms with E-state index in [1.54, 1.807) is 5.01 Å². The van der Waals surface area contributed by atoms with Crippen molar-refractivity contribution in [2.75, 3.05) is 18.5 Å². The second-order valence-corrected chi connectivity index (χ2v) is 10.4. The molecule has 3 fully saturated rings. The van der Waals surface area contributed by atoms with Gasteiger partial charge in [-0.1, -0.05) is 11.6 Å². The van der Waals surface area contributed by atoms with Crippen molar-refractivity contribution < 1.29 is 17.9 Å². The Morgan fingerprint density at radius 1 is 1.17 bits per heavy atom. The fraction of sp³-hybridized carbons (Fsp3) is 0.579. The Morgan fingerprint density at radius 3 is 2.45 bits per heavy atom. The molecule has 0 spiro atoms. The standard InChI is InChI=1S/C19H23ClN4O4S/c20-13-8-14(11-2-3-11)17(15(9-13)12-4-5-12)22-19(25)23-29(26,27)16-10-21-24-6-1-7-28-18(16)24/h8-12,16,18H,1-7H2,(H2,22,23,25). The predicted octanol–water partition coefficient (Wildman–Crippen LogP) is 2.96. The van der Waals surface area contributed by atoms with Crippen molar-refractivity contribution in [1.29, 1.82) is 0 Å². The molecule has 2 aliphatic heterocycles. The summed E-state index contributed by atoms with van der Waals surface area (Å²) in [4.78, 5) is 12.7. The van der Waals surface area contributed by atoms with E-state index in [0.29, 0.717) is 35.7 Å². The molecule has 2 aliphatic carbocycles. The van der Waals surface area contributed by atoms with Gasteiger partial charge in [-0.25, -0.2) is 17.9 Å². The molecule has 2 saturated carbocycles. The molecule has 10 heteroatoms. The second kappa shape index (κ2) is 7.14. The van der Waals surface area contributed by atoms with Crippen molar-refractivity contribution in [1.82, 2.24) is 9.73 Å². The first-order chi connectivity index (χ1) is 13.9. The van der Waals surface area contributed by atoms with E-state index < -0.39 is 27.5 Å². The third-order valence-corrected chi connectivity index (χ3v) is 7.55. The van der Waals surface area contributed by atoms with Crippen LogP contribution < -0.4 is 10.0 Å². The monoisotopic (exact) mass is 438 g/mol. The van der Waals surface area contributed by atoms with Crippen LogP contribution in [0.3, 0.4) is 0 Å². The van der Waals surface area contributed by atoms with Crippen molar-refractivity contribution >= 4 is 39.6 Å². The van der Waals surface area contributed by atoms with Crippen molar-refractivity contribution in [3.8, 4) is 0 Å². The molecule has 2 heterocycles. The number of hydrogen-bond donors (Lipinski definition) is 2. The van der Waals surface area contributed by atoms with Crippen molar-refractivity contribution in [3.05, 3.63) is 28.3 Å². The van der Waals surface area contributed by atoms with Crippen molar-refractivity contribution in [3.63, 3.8) is 0 Å². The molecule has 2 unspecified atom stereocenters. The maximum absolute atomic E-state index is 12.8. The summed E-state index contributed by atoms with van der Waals surface area (Å²) in [7, 11) is -4.00. The van der Waals surface area contributed by atoms with Crippen LogP contribution in [0.4, 0.5) is 10.5 Å². The van der Waals surface area contributed by atoms with Crippen LogP contribution in [0.25, 0.3) is 0 Å². The number of carbonyl (C=O) groups excluding carboxylic acids is 1. The van der Waals surface area contributed by atoms with Crippen LogP contribution in [0.2, 0.25) is 5.02 Å². The van der Waals surface area contributed by atoms with E-state index in [-0.39, 0.29) is 0 Å². The number of anilines is 1. The van der Waals surface area contributed by atoms with Crippen LogP contribution in [0.1, 0.15) is 55.1 Å². The van der Waals surface area contributed by atoms with Gasteiger partial charge in [0.1, 0.15) is 0 Å². The first-order valence-corrected chi connectivity index (χ1v) is 11.9. The SMILES string of the molecule is O=C(Nc1c(C2CC2)cc(Cl)cc1C1CC1)NS(=O)(=O)C1C=NN2CCCOC12. The number of amides is 2. The summed E-state index contributed by atoms with van der Waals surface area (Å²) >= 11 is 6.30. The molecule has 156 valence electrons. The average Bonchev–Trinajstić information content (AvgIpc) is 3.59. The lowest BCUT2D eigenvalue weighted by Gasteiger charge is -2.31. The topological polar surface area (TPSA) is 100 Å². The number of nitrogens with zero attached hydrogens (tertiary/aromatic N) is 2. The maximum atomic E-state index is 12.8. The maximum Gasteiger partial charge on any atom is 0.332 e. The number of sulfonamides is 1. The highest BCUT2D eigenvalue weighted by Gasteiger charge is 2.43. The number of carbonyl (C=O) groups is 1. The minimum absolute atomic E-state index is 0.365. The van der Waals surface area contributed by atoms with Crippen LogP contribution in [0.5, 0.6) is 0 Å². The van der Waals surface area contributed by atoms with Crippen LogP contribution >= 0.6 is 11.6 Å². The Kier molecular flexibility index (Phi) is 4.71. The molecule has 1 aromatic carbocycles. The molecule has 4 aliphatic rings. The zero-order valence-corrected chi connectivity index (χ0v) is 17.4. The van der Waals surface area contributed by atoms with Crippen LogP contribution in [-0.2, 0) is 14.8 Å². The zero-order valence-electron chi connectivity index (χ0n) is 15.8. The molecule has 0 aromatic heterocycles. The molecular formula is C19H23ClN4O4S. The minimum Gasteiger partial charge on any atom is -0.355 e. The van der Waals surface area contributed by atoms with Gasteiger partial charge in [0.2, 0.25) is 10.0 Å². The van der Waals surface area contributed by atoms with Gasteiger partial charge >= 0.3 is 6.03 Å². The number of benzene rings is 1. The molecular weight excluding hydrogens is 416 g/mol. The second-order valence-electron chi connectivity index (χ2n) is 8.12. The molecule has 0 radical (unpaired) electrons. The lowest BCUT2D eigenvalue weighted by atomic mass is 10.00. The summed E-state index contributed by atoms with van der Waals surface area (Å²) in [6, 6.07) is 3.00. The Hall–Kier alpha value is -1.84. The summed E-state index contributed by atoms with van der Waals surface area (Å²) in [6.45, 7) is 1.11. The minimum atomic E-state index is -4.00. The highest BCUT2D eigenvalue weighted by molar-refractivity contribution is 7.91. The third kappa shape index (κ3) is 3.83. The Morgan fingerprint density at radius 2 is 1.83 bits per heavy atom. The van der Waals surface area contributed by atoms with E-state index in [9.17, 15) is 13.2 Å². The van der Waals surface area contributed by atoms with Crippen molar-refractivity contribution in [2.45, 2.75) is 55.4 Å². The number of urea groups is 1. The highest BCUT2D eigenvalue weighted by Crippen LogP contribution is 2.51. The average molecular weight is 439 g/mol. The molecule has 1 saturated heterocycles. The number of nitrogens with one attached hydrogen (secondary N) is 2. The van der Waals surface area contributed by atoms with Gasteiger partial charge in [-0.2, -0.15) is 5.10 Å². The Labute approximate surface area is 174 Å². The highest BCUT2D eigenvalue weighted by atomic mass is 35.5. The lowest BCUT2D eigenvalue weighted by Crippen LogP contribution is -2.50. The molecule has 5 rings (SSSR count). The summed E-state index contributed by atoms with van der Waals surface area (Å²) in [5.74, 6) is 0.730. The summed E-state index contributed by atoms with van der Waals surface area (Å²) in [5, 5.41) is 8.17. The molecule has 0 bridgehead atoms. The normalized spacial score (nSPS) is 26.3. The van der Waals surface area contributed by atoms with E-state index in [2.05, 4.69) is 15.1 Å². The van der Waals surface area contributed by atoms with Crippen LogP contribution in [0, 0.1) is 0 Å². The number of ether oxygens (including phenoxy) is 1. The number of hydrogen-bond acceptors (Lipinski definition) is 6. The quantitative estimate of drug-likeness (QED) is 0.736. The van der Waals surface area contributed by atoms with Gasteiger partial charge in [0.25, 0.3) is 0 Å². The fourth-order valence-electron chi connectivity index (χ4n) is 4.05. The zero-order chi connectivity index (χ0) is 20.2. The number of fused-ring (bicyclic) bond motifs is 1. The van der Waals surface area contributed by atoms with Gasteiger partial charge in [-0.3, -0.25) is 5.01 Å². The molecule has 1 aromatic rings. The first kappa shape index (κ1) is 19.1. The van der Waals surface area contributed by atoms with E-state index >= 15 is 0 Å². The van der Waals surface area contributed by atoms with Gasteiger partial charge < -0.3 is 10.1 Å². The van der Waals surface area contributed by atoms with Crippen LogP contribution in [0.15, 0.2) is 17.2 Å². The molecule has 2 amide bonds. The summed E-state index contributed by atoms with van der Waals surface area (Å²) in [6.07, 6.45) is 5.63. The number of rotatable bonds is 5. The number of hydrazone groups is 1. The number of halogens is 1. The predicted molar refractivity (Wildman–Crippen MR) is 110 cm³/mol. The molecule has 2 atom stereocenters. The van der Waals surface area contributed by atoms with E-state index in [0.717, 1.165) is 43.2 Å². The van der Waals surface area contributed by atoms with Crippen molar-refractivity contribution in [2.24, 2.45) is 5.10 Å². The third-order valence-electron chi connectivity index (χ3n) is 5.79. The lowest BCUT2D eigenvalue weighted by molar-refractivity contribution is -0.0779. The van der Waals surface area contributed by atoms with E-state index in [1.165, 1.54) is 6.21 Å². The largest absolute Gasteiger partial charge is 0.355 e. The molecule has 29 heavy (non-hydrogen) atoms. The fourth-order valence-corrected chi connectivity index (χ4v) is 5.47. The molecule has 2 N–H and O–H groups in total. The van der Waals surface area contributed by atoms with Gasteiger partial charge in [-0.05, 0) is 67.2 Å². The Balaban J connectivity index is 1.35. The Bertz CT molecular complexity index is 941. The smallest absolute Gasteiger partial charge is 0.332 e. The van der Waals surface area contributed by atoms with E-state index in [4.69, 9.17) is 16.3 Å².